The summed E-state index contributed by atoms with van der Waals surface area (Å²) in [4.78, 5) is 41.5. The molecular formula is C30H35F3N2O5. The summed E-state index contributed by atoms with van der Waals surface area (Å²) in [6.07, 6.45) is -1.90. The summed E-state index contributed by atoms with van der Waals surface area (Å²) >= 11 is 0. The molecule has 10 heteroatoms. The monoisotopic (exact) mass is 560 g/mol. The predicted octanol–water partition coefficient (Wildman–Crippen LogP) is 6.25. The van der Waals surface area contributed by atoms with Gasteiger partial charge in [0.2, 0.25) is 5.91 Å². The molecule has 0 N–H and O–H groups in total. The van der Waals surface area contributed by atoms with Crippen molar-refractivity contribution in [2.24, 2.45) is 0 Å². The summed E-state index contributed by atoms with van der Waals surface area (Å²) in [7, 11) is 0. The lowest BCUT2D eigenvalue weighted by Gasteiger charge is -2.28. The highest BCUT2D eigenvalue weighted by Gasteiger charge is 2.33. The molecule has 2 aromatic rings. The van der Waals surface area contributed by atoms with Crippen LogP contribution in [0.5, 0.6) is 5.75 Å². The molecule has 2 aliphatic heterocycles. The second-order valence-electron chi connectivity index (χ2n) is 11.2. The summed E-state index contributed by atoms with van der Waals surface area (Å²) in [6, 6.07) is 9.58. The number of ketones is 1. The van der Waals surface area contributed by atoms with Gasteiger partial charge in [0.25, 0.3) is 0 Å². The number of nitrogens with zero attached hydrogens (tertiary/aromatic N) is 2. The number of carbonyl (C=O) groups is 3. The highest BCUT2D eigenvalue weighted by Crippen LogP contribution is 2.38. The highest BCUT2D eigenvalue weighted by molar-refractivity contribution is 6.05. The fourth-order valence-electron chi connectivity index (χ4n) is 5.18. The van der Waals surface area contributed by atoms with Crippen molar-refractivity contribution in [2.75, 3.05) is 24.5 Å². The van der Waals surface area contributed by atoms with Gasteiger partial charge in [-0.05, 0) is 87.8 Å². The Labute approximate surface area is 232 Å². The standard InChI is InChI=1S/C30H35F3N2O5/c1-29(2,3)40-28(38)34(16-13-20-9-4-5-12-25(20)39-30(31,32)33)14-7-6-11-24(36)22-17-21-10-8-15-35-26(37)19-23(18-22)27(21)35/h4-5,9,12,17-18H,6-8,10-11,13-16,19H2,1-3H3. The summed E-state index contributed by atoms with van der Waals surface area (Å²) in [6.45, 7) is 6.35. The van der Waals surface area contributed by atoms with Gasteiger partial charge < -0.3 is 19.3 Å². The van der Waals surface area contributed by atoms with Gasteiger partial charge in [-0.15, -0.1) is 13.2 Å². The predicted molar refractivity (Wildman–Crippen MR) is 144 cm³/mol. The van der Waals surface area contributed by atoms with Crippen molar-refractivity contribution < 1.29 is 37.0 Å². The van der Waals surface area contributed by atoms with Gasteiger partial charge in [-0.3, -0.25) is 9.59 Å². The summed E-state index contributed by atoms with van der Waals surface area (Å²) in [5.74, 6) is -0.240. The van der Waals surface area contributed by atoms with Crippen LogP contribution in [0.15, 0.2) is 36.4 Å². The Morgan fingerprint density at radius 2 is 1.75 bits per heavy atom. The highest BCUT2D eigenvalue weighted by atomic mass is 19.4. The Hall–Kier alpha value is -3.56. The third-order valence-corrected chi connectivity index (χ3v) is 6.91. The van der Waals surface area contributed by atoms with Gasteiger partial charge in [-0.25, -0.2) is 4.79 Å². The molecule has 4 rings (SSSR count). The SMILES string of the molecule is CC(C)(C)OC(=O)N(CCCCC(=O)c1cc2c3c(c1)CC(=O)N3CCC2)CCc1ccccc1OC(F)(F)F. The van der Waals surface area contributed by atoms with Crippen molar-refractivity contribution >= 4 is 23.5 Å². The molecule has 0 fully saturated rings. The number of para-hydroxylation sites is 1. The van der Waals surface area contributed by atoms with E-state index < -0.39 is 18.1 Å². The normalized spacial score (nSPS) is 14.7. The van der Waals surface area contributed by atoms with E-state index in [1.54, 1.807) is 26.8 Å². The quantitative estimate of drug-likeness (QED) is 0.254. The maximum absolute atomic E-state index is 13.0. The minimum atomic E-state index is -4.82. The largest absolute Gasteiger partial charge is 0.573 e. The topological polar surface area (TPSA) is 76.2 Å². The molecule has 0 saturated heterocycles. The summed E-state index contributed by atoms with van der Waals surface area (Å²) in [5, 5.41) is 0. The molecule has 2 amide bonds. The van der Waals surface area contributed by atoms with Crippen LogP contribution in [0.2, 0.25) is 0 Å². The van der Waals surface area contributed by atoms with Gasteiger partial charge in [0, 0.05) is 31.6 Å². The van der Waals surface area contributed by atoms with Gasteiger partial charge in [0.05, 0.1) is 12.1 Å². The van der Waals surface area contributed by atoms with Gasteiger partial charge >= 0.3 is 12.5 Å². The van der Waals surface area contributed by atoms with Crippen LogP contribution in [0.3, 0.4) is 0 Å². The van der Waals surface area contributed by atoms with Gasteiger partial charge in [0.1, 0.15) is 11.4 Å². The zero-order valence-electron chi connectivity index (χ0n) is 23.1. The van der Waals surface area contributed by atoms with Crippen molar-refractivity contribution in [3.05, 3.63) is 58.7 Å². The zero-order valence-corrected chi connectivity index (χ0v) is 23.1. The van der Waals surface area contributed by atoms with E-state index in [1.807, 2.05) is 17.0 Å². The Bertz CT molecular complexity index is 1270. The molecule has 40 heavy (non-hydrogen) atoms. The number of aryl methyl sites for hydroxylation is 1. The molecule has 216 valence electrons. The van der Waals surface area contributed by atoms with Crippen LogP contribution < -0.4 is 9.64 Å². The zero-order chi connectivity index (χ0) is 29.1. The van der Waals surface area contributed by atoms with E-state index in [-0.39, 0.29) is 43.4 Å². The molecule has 0 radical (unpaired) electrons. The first-order valence-corrected chi connectivity index (χ1v) is 13.6. The summed E-state index contributed by atoms with van der Waals surface area (Å²) < 4.78 is 48.1. The van der Waals surface area contributed by atoms with Crippen molar-refractivity contribution in [1.29, 1.82) is 0 Å². The number of carbonyl (C=O) groups excluding carboxylic acids is 3. The van der Waals surface area contributed by atoms with Crippen LogP contribution in [0, 0.1) is 0 Å². The van der Waals surface area contributed by atoms with Crippen molar-refractivity contribution in [3.63, 3.8) is 0 Å². The molecule has 0 aliphatic carbocycles. The van der Waals surface area contributed by atoms with Crippen LogP contribution in [0.25, 0.3) is 0 Å². The van der Waals surface area contributed by atoms with E-state index in [1.165, 1.54) is 23.1 Å². The lowest BCUT2D eigenvalue weighted by atomic mass is 9.94. The van der Waals surface area contributed by atoms with E-state index in [0.717, 1.165) is 36.2 Å². The van der Waals surface area contributed by atoms with Crippen LogP contribution in [0.4, 0.5) is 23.7 Å². The third kappa shape index (κ3) is 7.55. The van der Waals surface area contributed by atoms with E-state index in [2.05, 4.69) is 4.74 Å². The maximum atomic E-state index is 13.0. The Balaban J connectivity index is 1.36. The minimum absolute atomic E-state index is 0.0161. The average Bonchev–Trinajstić information content (AvgIpc) is 3.18. The molecule has 2 aliphatic rings. The van der Waals surface area contributed by atoms with Gasteiger partial charge in [0.15, 0.2) is 5.78 Å². The maximum Gasteiger partial charge on any atom is 0.573 e. The number of ether oxygens (including phenoxy) is 2. The first-order valence-electron chi connectivity index (χ1n) is 13.6. The summed E-state index contributed by atoms with van der Waals surface area (Å²) in [5.41, 5.74) is 3.12. The average molecular weight is 561 g/mol. The van der Waals surface area contributed by atoms with Crippen molar-refractivity contribution in [1.82, 2.24) is 4.90 Å². The van der Waals surface area contributed by atoms with Crippen molar-refractivity contribution in [2.45, 2.75) is 77.7 Å². The van der Waals surface area contributed by atoms with Crippen LogP contribution in [0.1, 0.15) is 73.5 Å². The molecular weight excluding hydrogens is 525 g/mol. The Kier molecular flexibility index (Phi) is 8.75. The molecule has 0 spiro atoms. The molecule has 2 aromatic carbocycles. The van der Waals surface area contributed by atoms with E-state index in [4.69, 9.17) is 4.74 Å². The number of amides is 2. The number of hydrogen-bond donors (Lipinski definition) is 0. The van der Waals surface area contributed by atoms with Gasteiger partial charge in [-0.1, -0.05) is 18.2 Å². The number of halogens is 3. The van der Waals surface area contributed by atoms with E-state index in [9.17, 15) is 27.6 Å². The lowest BCUT2D eigenvalue weighted by Crippen LogP contribution is -2.38. The number of alkyl halides is 3. The molecule has 2 heterocycles. The molecule has 0 unspecified atom stereocenters. The fourth-order valence-corrected chi connectivity index (χ4v) is 5.18. The Morgan fingerprint density at radius 3 is 2.48 bits per heavy atom. The van der Waals surface area contributed by atoms with Crippen LogP contribution in [-0.4, -0.2) is 54.3 Å². The molecule has 0 aromatic heterocycles. The molecule has 0 bridgehead atoms. The molecule has 0 atom stereocenters. The second kappa shape index (κ2) is 11.9. The number of hydrogen-bond acceptors (Lipinski definition) is 5. The molecule has 7 nitrogen and oxygen atoms in total. The van der Waals surface area contributed by atoms with Crippen LogP contribution in [-0.2, 0) is 28.8 Å². The second-order valence-corrected chi connectivity index (χ2v) is 11.2. The first kappa shape index (κ1) is 29.4. The van der Waals surface area contributed by atoms with E-state index >= 15 is 0 Å². The fraction of sp³-hybridized carbons (Fsp3) is 0.500. The number of benzene rings is 2. The molecule has 0 saturated carbocycles. The number of Topliss-reactive ketones (excluding diaryl/α,β-unsaturated/α-hetero) is 1. The van der Waals surface area contributed by atoms with Gasteiger partial charge in [-0.2, -0.15) is 0 Å². The smallest absolute Gasteiger partial charge is 0.444 e. The van der Waals surface area contributed by atoms with E-state index in [0.29, 0.717) is 30.4 Å². The Morgan fingerprint density at radius 1 is 1.02 bits per heavy atom. The number of anilines is 1. The number of rotatable bonds is 10. The first-order chi connectivity index (χ1) is 18.8. The van der Waals surface area contributed by atoms with Crippen molar-refractivity contribution in [3.8, 4) is 5.75 Å². The van der Waals surface area contributed by atoms with Crippen LogP contribution >= 0.6 is 0 Å². The lowest BCUT2D eigenvalue weighted by molar-refractivity contribution is -0.274. The number of unbranched alkanes of at least 4 members (excludes halogenated alkanes) is 1. The minimum Gasteiger partial charge on any atom is -0.444 e. The third-order valence-electron chi connectivity index (χ3n) is 6.91.